The van der Waals surface area contributed by atoms with Crippen LogP contribution in [0.15, 0.2) is 0 Å². The van der Waals surface area contributed by atoms with Crippen molar-refractivity contribution in [3.8, 4) is 6.07 Å². The second-order valence-corrected chi connectivity index (χ2v) is 10.6. The first-order valence-electron chi connectivity index (χ1n) is 13.4. The monoisotopic (exact) mass is 475 g/mol. The molecule has 0 radical (unpaired) electrons. The predicted molar refractivity (Wildman–Crippen MR) is 127 cm³/mol. The van der Waals surface area contributed by atoms with E-state index in [1.165, 1.54) is 38.5 Å². The first kappa shape index (κ1) is 25.2. The van der Waals surface area contributed by atoms with Crippen LogP contribution in [0.5, 0.6) is 0 Å². The number of nitrogens with one attached hydrogen (secondary N) is 2. The molecule has 2 N–H and O–H groups in total. The van der Waals surface area contributed by atoms with E-state index >= 15 is 0 Å². The fourth-order valence-corrected chi connectivity index (χ4v) is 6.05. The highest BCUT2D eigenvalue weighted by atomic mass is 16.7. The van der Waals surface area contributed by atoms with Crippen molar-refractivity contribution in [1.29, 1.82) is 5.26 Å². The lowest BCUT2D eigenvalue weighted by molar-refractivity contribution is -0.147. The van der Waals surface area contributed by atoms with Gasteiger partial charge in [-0.1, -0.05) is 51.4 Å². The first-order chi connectivity index (χ1) is 16.6. The number of hydrogen-bond acceptors (Lipinski definition) is 7. The summed E-state index contributed by atoms with van der Waals surface area (Å²) in [6.07, 6.45) is 12.4. The summed E-state index contributed by atoms with van der Waals surface area (Å²) in [6.45, 7) is 3.46. The van der Waals surface area contributed by atoms with Gasteiger partial charge in [0.1, 0.15) is 11.6 Å². The molecule has 2 amide bonds. The fraction of sp³-hybridized carbons (Fsp3) is 0.880. The van der Waals surface area contributed by atoms with Crippen LogP contribution in [0.4, 0.5) is 4.79 Å². The fourth-order valence-electron chi connectivity index (χ4n) is 6.05. The molecular formula is C25H41N5O4. The summed E-state index contributed by atoms with van der Waals surface area (Å²) < 4.78 is 5.30. The zero-order chi connectivity index (χ0) is 23.8. The summed E-state index contributed by atoms with van der Waals surface area (Å²) in [7, 11) is 0. The predicted octanol–water partition coefficient (Wildman–Crippen LogP) is 2.72. The zero-order valence-corrected chi connectivity index (χ0v) is 20.4. The summed E-state index contributed by atoms with van der Waals surface area (Å²) in [6, 6.07) is 2.23. The minimum atomic E-state index is -0.894. The normalized spacial score (nSPS) is 28.7. The summed E-state index contributed by atoms with van der Waals surface area (Å²) >= 11 is 0. The number of ether oxygens (including phenoxy) is 1. The second kappa shape index (κ2) is 12.2. The Balaban J connectivity index is 1.37. The van der Waals surface area contributed by atoms with Crippen molar-refractivity contribution in [1.82, 2.24) is 20.6 Å². The molecule has 2 aliphatic carbocycles. The average Bonchev–Trinajstić information content (AvgIpc) is 3.30. The molecule has 0 aromatic rings. The van der Waals surface area contributed by atoms with Crippen LogP contribution in [-0.4, -0.2) is 79.0 Å². The van der Waals surface area contributed by atoms with E-state index in [1.54, 1.807) is 5.06 Å². The second-order valence-electron chi connectivity index (χ2n) is 10.6. The molecule has 4 fully saturated rings. The van der Waals surface area contributed by atoms with E-state index in [4.69, 9.17) is 9.57 Å². The lowest BCUT2D eigenvalue weighted by atomic mass is 9.84. The third-order valence-corrected chi connectivity index (χ3v) is 8.05. The number of hydroxylamine groups is 2. The van der Waals surface area contributed by atoms with Gasteiger partial charge in [0.2, 0.25) is 5.91 Å². The van der Waals surface area contributed by atoms with Crippen LogP contribution in [0.3, 0.4) is 0 Å². The van der Waals surface area contributed by atoms with Crippen LogP contribution < -0.4 is 10.6 Å². The molecule has 2 atom stereocenters. The molecule has 9 nitrogen and oxygen atoms in total. The van der Waals surface area contributed by atoms with Gasteiger partial charge in [0.05, 0.1) is 32.4 Å². The van der Waals surface area contributed by atoms with Gasteiger partial charge < -0.3 is 20.2 Å². The van der Waals surface area contributed by atoms with Crippen molar-refractivity contribution in [2.45, 2.75) is 94.7 Å². The van der Waals surface area contributed by atoms with Gasteiger partial charge >= 0.3 is 6.09 Å². The van der Waals surface area contributed by atoms with Gasteiger partial charge in [0.15, 0.2) is 0 Å². The molecular weight excluding hydrogens is 434 g/mol. The Morgan fingerprint density at radius 1 is 1.03 bits per heavy atom. The van der Waals surface area contributed by atoms with E-state index in [0.29, 0.717) is 57.6 Å². The third kappa shape index (κ3) is 6.83. The third-order valence-electron chi connectivity index (χ3n) is 8.05. The van der Waals surface area contributed by atoms with Crippen LogP contribution in [-0.2, 0) is 14.4 Å². The number of rotatable bonds is 7. The number of morpholine rings is 1. The van der Waals surface area contributed by atoms with Gasteiger partial charge in [-0.3, -0.25) is 9.69 Å². The van der Waals surface area contributed by atoms with Crippen LogP contribution in [0.25, 0.3) is 0 Å². The highest BCUT2D eigenvalue weighted by Gasteiger charge is 2.43. The number of hydrogen-bond donors (Lipinski definition) is 2. The largest absolute Gasteiger partial charge is 0.426 e. The Morgan fingerprint density at radius 3 is 2.38 bits per heavy atom. The molecule has 34 heavy (non-hydrogen) atoms. The van der Waals surface area contributed by atoms with Gasteiger partial charge in [0, 0.05) is 19.1 Å². The van der Waals surface area contributed by atoms with Crippen LogP contribution in [0.2, 0.25) is 0 Å². The van der Waals surface area contributed by atoms with Crippen molar-refractivity contribution < 1.29 is 19.2 Å². The zero-order valence-electron chi connectivity index (χ0n) is 20.4. The SMILES string of the molecule is N#CC1(NC(=O)C(CC2CCCCC2)NC(=O)ON2CCOCC2)CCN(C2CCCCC2)C1. The molecule has 0 aromatic heterocycles. The standard InChI is InChI=1S/C25H41N5O4/c26-18-25(11-12-29(19-25)21-9-5-2-6-10-21)28-23(31)22(17-20-7-3-1-4-8-20)27-24(32)34-30-13-15-33-16-14-30/h20-22H,1-17,19H2,(H,27,32)(H,28,31). The number of likely N-dealkylation sites (tertiary alicyclic amines) is 1. The van der Waals surface area contributed by atoms with Gasteiger partial charge in [-0.25, -0.2) is 4.79 Å². The van der Waals surface area contributed by atoms with Gasteiger partial charge in [-0.2, -0.15) is 5.26 Å². The molecule has 0 spiro atoms. The maximum atomic E-state index is 13.5. The Morgan fingerprint density at radius 2 is 1.71 bits per heavy atom. The number of carbonyl (C=O) groups is 2. The number of amides is 2. The Bertz CT molecular complexity index is 725. The number of nitriles is 1. The minimum absolute atomic E-state index is 0.267. The van der Waals surface area contributed by atoms with Crippen LogP contribution >= 0.6 is 0 Å². The molecule has 2 saturated carbocycles. The maximum Gasteiger partial charge on any atom is 0.426 e. The highest BCUT2D eigenvalue weighted by molar-refractivity contribution is 5.86. The molecule has 4 rings (SSSR count). The molecule has 2 aliphatic heterocycles. The van der Waals surface area contributed by atoms with Crippen molar-refractivity contribution in [2.75, 3.05) is 39.4 Å². The molecule has 2 heterocycles. The van der Waals surface area contributed by atoms with Crippen LogP contribution in [0.1, 0.15) is 77.0 Å². The lowest BCUT2D eigenvalue weighted by Gasteiger charge is -2.33. The number of carbonyl (C=O) groups excluding carboxylic acids is 2. The Hall–Kier alpha value is -1.89. The molecule has 9 heteroatoms. The van der Waals surface area contributed by atoms with E-state index in [1.807, 2.05) is 0 Å². The minimum Gasteiger partial charge on any atom is -0.379 e. The van der Waals surface area contributed by atoms with Crippen molar-refractivity contribution in [2.24, 2.45) is 5.92 Å². The Kier molecular flexibility index (Phi) is 9.04. The lowest BCUT2D eigenvalue weighted by Crippen LogP contribution is -2.57. The van der Waals surface area contributed by atoms with Gasteiger partial charge in [-0.15, -0.1) is 5.06 Å². The first-order valence-corrected chi connectivity index (χ1v) is 13.4. The van der Waals surface area contributed by atoms with E-state index in [0.717, 1.165) is 32.2 Å². The van der Waals surface area contributed by atoms with Gasteiger partial charge in [-0.05, 0) is 31.6 Å². The molecule has 2 unspecified atom stereocenters. The summed E-state index contributed by atoms with van der Waals surface area (Å²) in [5.74, 6) is 0.130. The van der Waals surface area contributed by atoms with Crippen LogP contribution in [0, 0.1) is 17.2 Å². The van der Waals surface area contributed by atoms with Crippen molar-refractivity contribution in [3.63, 3.8) is 0 Å². The quantitative estimate of drug-likeness (QED) is 0.583. The van der Waals surface area contributed by atoms with Gasteiger partial charge in [0.25, 0.3) is 0 Å². The topological polar surface area (TPSA) is 107 Å². The smallest absolute Gasteiger partial charge is 0.379 e. The molecule has 2 saturated heterocycles. The molecule has 0 aromatic carbocycles. The molecule has 4 aliphatic rings. The maximum absolute atomic E-state index is 13.5. The summed E-state index contributed by atoms with van der Waals surface area (Å²) in [5.41, 5.74) is -0.894. The number of nitrogens with zero attached hydrogens (tertiary/aromatic N) is 3. The molecule has 0 bridgehead atoms. The Labute approximate surface area is 203 Å². The van der Waals surface area contributed by atoms with E-state index in [2.05, 4.69) is 21.6 Å². The van der Waals surface area contributed by atoms with Crippen molar-refractivity contribution >= 4 is 12.0 Å². The average molecular weight is 476 g/mol. The van der Waals surface area contributed by atoms with E-state index in [9.17, 15) is 14.9 Å². The van der Waals surface area contributed by atoms with E-state index < -0.39 is 17.7 Å². The highest BCUT2D eigenvalue weighted by Crippen LogP contribution is 2.31. The molecule has 190 valence electrons. The van der Waals surface area contributed by atoms with E-state index in [-0.39, 0.29) is 5.91 Å². The summed E-state index contributed by atoms with van der Waals surface area (Å²) in [4.78, 5) is 33.9. The summed E-state index contributed by atoms with van der Waals surface area (Å²) in [5, 5.41) is 17.5. The van der Waals surface area contributed by atoms with Crippen molar-refractivity contribution in [3.05, 3.63) is 0 Å².